The fourth-order valence-corrected chi connectivity index (χ4v) is 3.27. The van der Waals surface area contributed by atoms with Crippen LogP contribution in [0.3, 0.4) is 0 Å². The molecule has 0 aliphatic rings. The molecule has 0 bridgehead atoms. The molecule has 0 spiro atoms. The van der Waals surface area contributed by atoms with Crippen molar-refractivity contribution in [3.8, 4) is 22.7 Å². The molecule has 0 saturated carbocycles. The van der Waals surface area contributed by atoms with Crippen molar-refractivity contribution >= 4 is 11.6 Å². The molecule has 0 radical (unpaired) electrons. The van der Waals surface area contributed by atoms with Gasteiger partial charge >= 0.3 is 0 Å². The second kappa shape index (κ2) is 8.63. The zero-order valence-electron chi connectivity index (χ0n) is 18.5. The monoisotopic (exact) mass is 427 g/mol. The SMILES string of the molecule is COc1ccccc1-c1nn(-c2ccccc2)cc1C(=O)Nc1cnc(C(C)(C)C)nc1. The molecular weight excluding hydrogens is 402 g/mol. The maximum Gasteiger partial charge on any atom is 0.259 e. The van der Waals surface area contributed by atoms with Gasteiger partial charge in [0.05, 0.1) is 36.4 Å². The largest absolute Gasteiger partial charge is 0.496 e. The molecule has 0 atom stereocenters. The fraction of sp³-hybridized carbons (Fsp3) is 0.200. The minimum absolute atomic E-state index is 0.170. The lowest BCUT2D eigenvalue weighted by molar-refractivity contribution is 0.102. The third-order valence-corrected chi connectivity index (χ3v) is 4.92. The van der Waals surface area contributed by atoms with Crippen LogP contribution in [-0.2, 0) is 5.41 Å². The third-order valence-electron chi connectivity index (χ3n) is 4.92. The average molecular weight is 428 g/mol. The highest BCUT2D eigenvalue weighted by molar-refractivity contribution is 6.08. The van der Waals surface area contributed by atoms with E-state index < -0.39 is 0 Å². The van der Waals surface area contributed by atoms with Gasteiger partial charge in [-0.1, -0.05) is 51.1 Å². The molecule has 7 nitrogen and oxygen atoms in total. The van der Waals surface area contributed by atoms with E-state index in [-0.39, 0.29) is 11.3 Å². The van der Waals surface area contributed by atoms with Crippen LogP contribution >= 0.6 is 0 Å². The minimum Gasteiger partial charge on any atom is -0.496 e. The molecule has 1 amide bonds. The van der Waals surface area contributed by atoms with Gasteiger partial charge in [-0.25, -0.2) is 14.6 Å². The van der Waals surface area contributed by atoms with Crippen LogP contribution in [0.5, 0.6) is 5.75 Å². The first kappa shape index (κ1) is 21.2. The number of anilines is 1. The first-order valence-electron chi connectivity index (χ1n) is 10.3. The molecule has 32 heavy (non-hydrogen) atoms. The van der Waals surface area contributed by atoms with Crippen LogP contribution in [0.25, 0.3) is 16.9 Å². The predicted molar refractivity (Wildman–Crippen MR) is 124 cm³/mol. The fourth-order valence-electron chi connectivity index (χ4n) is 3.27. The van der Waals surface area contributed by atoms with Gasteiger partial charge < -0.3 is 10.1 Å². The highest BCUT2D eigenvalue weighted by atomic mass is 16.5. The Morgan fingerprint density at radius 3 is 2.28 bits per heavy atom. The maximum atomic E-state index is 13.3. The Labute approximate surface area is 187 Å². The van der Waals surface area contributed by atoms with Gasteiger partial charge in [-0.05, 0) is 24.3 Å². The van der Waals surface area contributed by atoms with Crippen molar-refractivity contribution in [2.24, 2.45) is 0 Å². The van der Waals surface area contributed by atoms with Crippen molar-refractivity contribution in [1.82, 2.24) is 19.7 Å². The van der Waals surface area contributed by atoms with Crippen LogP contribution in [0.4, 0.5) is 5.69 Å². The Balaban J connectivity index is 1.73. The highest BCUT2D eigenvalue weighted by Crippen LogP contribution is 2.32. The summed E-state index contributed by atoms with van der Waals surface area (Å²) in [6.07, 6.45) is 4.96. The summed E-state index contributed by atoms with van der Waals surface area (Å²) in [4.78, 5) is 22.1. The van der Waals surface area contributed by atoms with Crippen LogP contribution in [0, 0.1) is 0 Å². The Kier molecular flexibility index (Phi) is 5.73. The summed E-state index contributed by atoms with van der Waals surface area (Å²) in [5, 5.41) is 7.60. The molecule has 0 fully saturated rings. The summed E-state index contributed by atoms with van der Waals surface area (Å²) >= 11 is 0. The molecular formula is C25H25N5O2. The number of hydrogen-bond donors (Lipinski definition) is 1. The second-order valence-corrected chi connectivity index (χ2v) is 8.37. The number of carbonyl (C=O) groups excluding carboxylic acids is 1. The smallest absolute Gasteiger partial charge is 0.259 e. The molecule has 2 aromatic carbocycles. The van der Waals surface area contributed by atoms with Crippen molar-refractivity contribution in [1.29, 1.82) is 0 Å². The van der Waals surface area contributed by atoms with Crippen molar-refractivity contribution in [3.63, 3.8) is 0 Å². The lowest BCUT2D eigenvalue weighted by Gasteiger charge is -2.16. The van der Waals surface area contributed by atoms with E-state index in [1.165, 1.54) is 0 Å². The maximum absolute atomic E-state index is 13.3. The zero-order valence-corrected chi connectivity index (χ0v) is 18.5. The molecule has 2 aromatic heterocycles. The average Bonchev–Trinajstić information content (AvgIpc) is 3.25. The molecule has 0 unspecified atom stereocenters. The van der Waals surface area contributed by atoms with Gasteiger partial charge in [0.2, 0.25) is 0 Å². The van der Waals surface area contributed by atoms with E-state index in [1.54, 1.807) is 30.4 Å². The van der Waals surface area contributed by atoms with E-state index in [0.717, 1.165) is 11.3 Å². The number of hydrogen-bond acceptors (Lipinski definition) is 5. The Bertz CT molecular complexity index is 1230. The topological polar surface area (TPSA) is 81.9 Å². The van der Waals surface area contributed by atoms with Gasteiger partial charge in [0.25, 0.3) is 5.91 Å². The summed E-state index contributed by atoms with van der Waals surface area (Å²) < 4.78 is 7.20. The Morgan fingerprint density at radius 1 is 0.969 bits per heavy atom. The molecule has 0 saturated heterocycles. The van der Waals surface area contributed by atoms with Crippen LogP contribution in [-0.4, -0.2) is 32.8 Å². The van der Waals surface area contributed by atoms with Crippen molar-refractivity contribution in [3.05, 3.63) is 84.6 Å². The second-order valence-electron chi connectivity index (χ2n) is 8.37. The van der Waals surface area contributed by atoms with Crippen LogP contribution in [0.2, 0.25) is 0 Å². The van der Waals surface area contributed by atoms with E-state index in [4.69, 9.17) is 9.84 Å². The van der Waals surface area contributed by atoms with E-state index in [2.05, 4.69) is 15.3 Å². The standard InChI is InChI=1S/C25H25N5O2/c1-25(2,3)24-26-14-17(15-27-24)28-23(31)20-16-30(18-10-6-5-7-11-18)29-22(20)19-12-8-9-13-21(19)32-4/h5-16H,1-4H3,(H,28,31). The first-order valence-corrected chi connectivity index (χ1v) is 10.3. The number of aromatic nitrogens is 4. The summed E-state index contributed by atoms with van der Waals surface area (Å²) in [5.74, 6) is 1.04. The van der Waals surface area contributed by atoms with Crippen LogP contribution in [0.1, 0.15) is 37.0 Å². The summed E-state index contributed by atoms with van der Waals surface area (Å²) in [6.45, 7) is 6.12. The molecule has 7 heteroatoms. The lowest BCUT2D eigenvalue weighted by Crippen LogP contribution is -2.17. The number of rotatable bonds is 5. The van der Waals surface area contributed by atoms with Gasteiger partial charge in [-0.15, -0.1) is 0 Å². The van der Waals surface area contributed by atoms with Gasteiger partial charge in [0.1, 0.15) is 17.3 Å². The number of carbonyl (C=O) groups is 1. The highest BCUT2D eigenvalue weighted by Gasteiger charge is 2.22. The van der Waals surface area contributed by atoms with E-state index in [1.807, 2.05) is 75.4 Å². The quantitative estimate of drug-likeness (QED) is 0.490. The number of nitrogens with one attached hydrogen (secondary N) is 1. The van der Waals surface area contributed by atoms with E-state index in [9.17, 15) is 4.79 Å². The van der Waals surface area contributed by atoms with Gasteiger partial charge in [0.15, 0.2) is 0 Å². The normalized spacial score (nSPS) is 11.2. The first-order chi connectivity index (χ1) is 15.4. The van der Waals surface area contributed by atoms with Crippen molar-refractivity contribution < 1.29 is 9.53 Å². The van der Waals surface area contributed by atoms with Crippen molar-refractivity contribution in [2.45, 2.75) is 26.2 Å². The zero-order chi connectivity index (χ0) is 22.7. The lowest BCUT2D eigenvalue weighted by atomic mass is 9.96. The summed E-state index contributed by atoms with van der Waals surface area (Å²) in [7, 11) is 1.60. The molecule has 4 aromatic rings. The summed E-state index contributed by atoms with van der Waals surface area (Å²) in [6, 6.07) is 17.1. The molecule has 0 aliphatic heterocycles. The van der Waals surface area contributed by atoms with Crippen LogP contribution < -0.4 is 10.1 Å². The predicted octanol–water partition coefficient (Wildman–Crippen LogP) is 4.89. The van der Waals surface area contributed by atoms with Crippen LogP contribution in [0.15, 0.2) is 73.2 Å². The third kappa shape index (κ3) is 4.37. The molecule has 2 heterocycles. The molecule has 4 rings (SSSR count). The number of methoxy groups -OCH3 is 1. The number of nitrogens with zero attached hydrogens (tertiary/aromatic N) is 4. The van der Waals surface area contributed by atoms with Gasteiger partial charge in [-0.2, -0.15) is 5.10 Å². The molecule has 1 N–H and O–H groups in total. The Hall–Kier alpha value is -4.00. The number of ether oxygens (including phenoxy) is 1. The number of amides is 1. The van der Waals surface area contributed by atoms with E-state index in [0.29, 0.717) is 28.5 Å². The Morgan fingerprint density at radius 2 is 1.62 bits per heavy atom. The number of para-hydroxylation sites is 2. The van der Waals surface area contributed by atoms with E-state index >= 15 is 0 Å². The molecule has 0 aliphatic carbocycles. The van der Waals surface area contributed by atoms with Gasteiger partial charge in [0, 0.05) is 17.2 Å². The summed E-state index contributed by atoms with van der Waals surface area (Å²) in [5.41, 5.74) is 2.86. The minimum atomic E-state index is -0.305. The van der Waals surface area contributed by atoms with Gasteiger partial charge in [-0.3, -0.25) is 4.79 Å². The van der Waals surface area contributed by atoms with Crippen molar-refractivity contribution in [2.75, 3.05) is 12.4 Å². The number of benzene rings is 2. The molecule has 162 valence electrons.